The summed E-state index contributed by atoms with van der Waals surface area (Å²) in [7, 11) is 0. The molecule has 0 radical (unpaired) electrons. The molecule has 1 aromatic heterocycles. The molecule has 0 atom stereocenters. The fourth-order valence-corrected chi connectivity index (χ4v) is 4.86. The number of phenolic OH excluding ortho intramolecular Hbond substituents is 1. The normalized spacial score (nSPS) is 15.9. The quantitative estimate of drug-likeness (QED) is 0.524. The summed E-state index contributed by atoms with van der Waals surface area (Å²) in [6, 6.07) is 13.5. The van der Waals surface area contributed by atoms with Gasteiger partial charge >= 0.3 is 0 Å². The summed E-state index contributed by atoms with van der Waals surface area (Å²) in [5.74, 6) is -1.28. The van der Waals surface area contributed by atoms with Crippen molar-refractivity contribution in [1.82, 2.24) is 15.1 Å². The van der Waals surface area contributed by atoms with E-state index in [0.29, 0.717) is 39.1 Å². The number of nitrogens with zero attached hydrogens (tertiary/aromatic N) is 3. The van der Waals surface area contributed by atoms with Gasteiger partial charge in [0.25, 0.3) is 5.91 Å². The number of aromatic hydroxyl groups is 1. The molecule has 0 bridgehead atoms. The molecule has 2 aromatic carbocycles. The molecule has 10 nitrogen and oxygen atoms in total. The molecule has 192 valence electrons. The number of piperazine rings is 1. The highest BCUT2D eigenvalue weighted by Crippen LogP contribution is 2.25. The van der Waals surface area contributed by atoms with Crippen LogP contribution < -0.4 is 15.6 Å². The summed E-state index contributed by atoms with van der Waals surface area (Å²) < 4.78 is 5.42. The zero-order chi connectivity index (χ0) is 25.9. The van der Waals surface area contributed by atoms with E-state index < -0.39 is 11.3 Å². The van der Waals surface area contributed by atoms with Gasteiger partial charge in [0.1, 0.15) is 0 Å². The van der Waals surface area contributed by atoms with E-state index in [2.05, 4.69) is 10.2 Å². The Hall–Kier alpha value is -4.34. The highest BCUT2D eigenvalue weighted by atomic mass is 16.4. The van der Waals surface area contributed by atoms with E-state index in [1.54, 1.807) is 4.90 Å². The van der Waals surface area contributed by atoms with Gasteiger partial charge in [0, 0.05) is 57.4 Å². The van der Waals surface area contributed by atoms with Crippen molar-refractivity contribution in [2.75, 3.05) is 44.2 Å². The minimum Gasteiger partial charge on any atom is -0.504 e. The van der Waals surface area contributed by atoms with Crippen molar-refractivity contribution in [3.05, 3.63) is 70.1 Å². The molecule has 0 saturated carbocycles. The van der Waals surface area contributed by atoms with Gasteiger partial charge in [-0.3, -0.25) is 19.2 Å². The maximum atomic E-state index is 12.8. The summed E-state index contributed by atoms with van der Waals surface area (Å²) in [6.45, 7) is 3.37. The number of carbonyl (C=O) groups excluding carboxylic acids is 3. The minimum atomic E-state index is -0.709. The molecule has 0 unspecified atom stereocenters. The van der Waals surface area contributed by atoms with Crippen molar-refractivity contribution in [2.24, 2.45) is 0 Å². The molecular weight excluding hydrogens is 476 g/mol. The van der Waals surface area contributed by atoms with E-state index in [0.717, 1.165) is 30.3 Å². The maximum absolute atomic E-state index is 12.8. The van der Waals surface area contributed by atoms with Gasteiger partial charge in [-0.2, -0.15) is 0 Å². The molecule has 37 heavy (non-hydrogen) atoms. The molecule has 2 saturated heterocycles. The Labute approximate surface area is 213 Å². The van der Waals surface area contributed by atoms with E-state index in [-0.39, 0.29) is 40.8 Å². The van der Waals surface area contributed by atoms with Gasteiger partial charge in [0.15, 0.2) is 22.5 Å². The molecule has 0 spiro atoms. The molecule has 0 aliphatic carbocycles. The highest BCUT2D eigenvalue weighted by Gasteiger charge is 2.25. The number of anilines is 1. The highest BCUT2D eigenvalue weighted by molar-refractivity contribution is 5.96. The molecule has 2 N–H and O–H groups in total. The Kier molecular flexibility index (Phi) is 6.80. The van der Waals surface area contributed by atoms with Gasteiger partial charge in [0.05, 0.1) is 11.9 Å². The Balaban J connectivity index is 1.17. The molecule has 2 fully saturated rings. The number of phenols is 1. The number of hydrogen-bond acceptors (Lipinski definition) is 7. The lowest BCUT2D eigenvalue weighted by Crippen LogP contribution is -2.51. The van der Waals surface area contributed by atoms with E-state index in [1.165, 1.54) is 18.2 Å². The fraction of sp³-hybridized carbons (Fsp3) is 0.333. The third kappa shape index (κ3) is 5.13. The van der Waals surface area contributed by atoms with Crippen LogP contribution in [0.5, 0.6) is 5.75 Å². The summed E-state index contributed by atoms with van der Waals surface area (Å²) >= 11 is 0. The van der Waals surface area contributed by atoms with Crippen molar-refractivity contribution < 1.29 is 23.9 Å². The fourth-order valence-electron chi connectivity index (χ4n) is 4.86. The number of likely N-dealkylation sites (tertiary alicyclic amines) is 1. The van der Waals surface area contributed by atoms with Gasteiger partial charge < -0.3 is 29.5 Å². The zero-order valence-electron chi connectivity index (χ0n) is 20.3. The third-order valence-corrected chi connectivity index (χ3v) is 6.86. The third-order valence-electron chi connectivity index (χ3n) is 6.86. The molecule has 2 aliphatic rings. The van der Waals surface area contributed by atoms with Crippen molar-refractivity contribution in [3.8, 4) is 5.75 Å². The second-order valence-electron chi connectivity index (χ2n) is 9.23. The lowest BCUT2D eigenvalue weighted by molar-refractivity contribution is -0.130. The van der Waals surface area contributed by atoms with Crippen LogP contribution in [-0.2, 0) is 16.1 Å². The topological polar surface area (TPSA) is 123 Å². The first-order valence-electron chi connectivity index (χ1n) is 12.3. The smallest absolute Gasteiger partial charge is 0.287 e. The molecule has 3 heterocycles. The van der Waals surface area contributed by atoms with Crippen molar-refractivity contribution in [1.29, 1.82) is 0 Å². The van der Waals surface area contributed by atoms with E-state index in [4.69, 9.17) is 4.42 Å². The summed E-state index contributed by atoms with van der Waals surface area (Å²) in [5, 5.41) is 12.6. The molecule has 3 amide bonds. The molecule has 3 aromatic rings. The van der Waals surface area contributed by atoms with Crippen LogP contribution in [-0.4, -0.2) is 71.9 Å². The van der Waals surface area contributed by atoms with E-state index in [9.17, 15) is 24.3 Å². The van der Waals surface area contributed by atoms with E-state index >= 15 is 0 Å². The number of fused-ring (bicyclic) bond motifs is 1. The maximum Gasteiger partial charge on any atom is 0.287 e. The number of nitrogens with one attached hydrogen (secondary N) is 1. The number of para-hydroxylation sites is 2. The first-order chi connectivity index (χ1) is 17.9. The number of benzene rings is 2. The summed E-state index contributed by atoms with van der Waals surface area (Å²) in [6.07, 6.45) is 1.50. The summed E-state index contributed by atoms with van der Waals surface area (Å²) in [4.78, 5) is 55.5. The predicted molar refractivity (Wildman–Crippen MR) is 136 cm³/mol. The van der Waals surface area contributed by atoms with Crippen molar-refractivity contribution in [3.63, 3.8) is 0 Å². The number of amides is 3. The van der Waals surface area contributed by atoms with Gasteiger partial charge in [-0.1, -0.05) is 24.3 Å². The standard InChI is InChI=1S/C27H28N4O6/c32-21-8-3-6-19-22(33)15-23(37-26(19)21)27(36)28-16-25(35)30-13-11-29(12-14-30)20-7-2-1-5-18(20)17-31-10-4-9-24(31)34/h1-3,5-8,15,32H,4,9-14,16-17H2,(H,28,36). The van der Waals surface area contributed by atoms with Crippen LogP contribution in [0.15, 0.2) is 57.7 Å². The van der Waals surface area contributed by atoms with Crippen LogP contribution in [0.4, 0.5) is 5.69 Å². The molecule has 10 heteroatoms. The second kappa shape index (κ2) is 10.3. The first-order valence-corrected chi connectivity index (χ1v) is 12.3. The second-order valence-corrected chi connectivity index (χ2v) is 9.23. The number of carbonyl (C=O) groups is 3. The zero-order valence-corrected chi connectivity index (χ0v) is 20.3. The molecule has 2 aliphatic heterocycles. The Morgan fingerprint density at radius 3 is 2.51 bits per heavy atom. The lowest BCUT2D eigenvalue weighted by Gasteiger charge is -2.37. The monoisotopic (exact) mass is 504 g/mol. The SMILES string of the molecule is O=C(NCC(=O)N1CCN(c2ccccc2CN2CCCC2=O)CC1)c1cc(=O)c2cccc(O)c2o1. The Morgan fingerprint density at radius 2 is 1.76 bits per heavy atom. The van der Waals surface area contributed by atoms with Gasteiger partial charge in [-0.15, -0.1) is 0 Å². The van der Waals surface area contributed by atoms with Gasteiger partial charge in [0.2, 0.25) is 11.8 Å². The van der Waals surface area contributed by atoms with E-state index in [1.807, 2.05) is 29.2 Å². The van der Waals surface area contributed by atoms with Crippen LogP contribution in [0.25, 0.3) is 11.0 Å². The Bertz CT molecular complexity index is 1410. The van der Waals surface area contributed by atoms with Crippen molar-refractivity contribution >= 4 is 34.4 Å². The van der Waals surface area contributed by atoms with Crippen molar-refractivity contribution in [2.45, 2.75) is 19.4 Å². The van der Waals surface area contributed by atoms with Crippen LogP contribution in [0, 0.1) is 0 Å². The number of rotatable bonds is 6. The van der Waals surface area contributed by atoms with Crippen LogP contribution in [0.1, 0.15) is 29.0 Å². The van der Waals surface area contributed by atoms with Gasteiger partial charge in [-0.05, 0) is 30.2 Å². The van der Waals surface area contributed by atoms with Crippen LogP contribution in [0.2, 0.25) is 0 Å². The Morgan fingerprint density at radius 1 is 0.973 bits per heavy atom. The molecule has 5 rings (SSSR count). The van der Waals surface area contributed by atoms with Crippen LogP contribution in [0.3, 0.4) is 0 Å². The minimum absolute atomic E-state index is 0.0722. The predicted octanol–water partition coefficient (Wildman–Crippen LogP) is 1.70. The number of hydrogen-bond donors (Lipinski definition) is 2. The van der Waals surface area contributed by atoms with Gasteiger partial charge in [-0.25, -0.2) is 0 Å². The lowest BCUT2D eigenvalue weighted by atomic mass is 10.1. The average molecular weight is 505 g/mol. The first kappa shape index (κ1) is 24.4. The largest absolute Gasteiger partial charge is 0.504 e. The van der Waals surface area contributed by atoms with Crippen LogP contribution >= 0.6 is 0 Å². The molecular formula is C27H28N4O6. The summed E-state index contributed by atoms with van der Waals surface area (Å²) in [5.41, 5.74) is 1.63. The average Bonchev–Trinajstić information content (AvgIpc) is 3.32.